The molecule has 0 aliphatic heterocycles. The standard InChI is InChI=1S/C21H24N2O2/c1-15(2)12-17-4-8-19(9-5-17)16(3)23-21(24)14-25-20-10-6-18(13-22)7-11-20/h4-11,15-16H,12,14H2,1-3H3,(H,23,24)/t16-/m1/s1. The Kier molecular flexibility index (Phi) is 6.59. The van der Waals surface area contributed by atoms with Crippen LogP contribution in [0.2, 0.25) is 0 Å². The number of amides is 1. The van der Waals surface area contributed by atoms with Crippen LogP contribution in [0, 0.1) is 17.2 Å². The van der Waals surface area contributed by atoms with Crippen molar-refractivity contribution in [2.24, 2.45) is 5.92 Å². The van der Waals surface area contributed by atoms with Gasteiger partial charge < -0.3 is 10.1 Å². The van der Waals surface area contributed by atoms with E-state index >= 15 is 0 Å². The molecule has 0 aliphatic carbocycles. The molecule has 0 saturated heterocycles. The number of nitrogens with one attached hydrogen (secondary N) is 1. The van der Waals surface area contributed by atoms with Gasteiger partial charge >= 0.3 is 0 Å². The van der Waals surface area contributed by atoms with Gasteiger partial charge in [0.15, 0.2) is 6.61 Å². The van der Waals surface area contributed by atoms with Gasteiger partial charge in [-0.2, -0.15) is 5.26 Å². The van der Waals surface area contributed by atoms with E-state index in [0.717, 1.165) is 12.0 Å². The second kappa shape index (κ2) is 8.89. The lowest BCUT2D eigenvalue weighted by Crippen LogP contribution is -2.31. The van der Waals surface area contributed by atoms with Gasteiger partial charge in [-0.25, -0.2) is 0 Å². The molecule has 1 amide bonds. The van der Waals surface area contributed by atoms with E-state index in [1.165, 1.54) is 5.56 Å². The Bertz CT molecular complexity index is 728. The third kappa shape index (κ3) is 5.96. The van der Waals surface area contributed by atoms with Crippen molar-refractivity contribution >= 4 is 5.91 Å². The number of nitriles is 1. The summed E-state index contributed by atoms with van der Waals surface area (Å²) in [5.41, 5.74) is 2.94. The fourth-order valence-corrected chi connectivity index (χ4v) is 2.55. The van der Waals surface area contributed by atoms with E-state index in [1.807, 2.05) is 13.0 Å². The third-order valence-electron chi connectivity index (χ3n) is 3.85. The Balaban J connectivity index is 1.83. The number of hydrogen-bond donors (Lipinski definition) is 1. The van der Waals surface area contributed by atoms with Crippen molar-refractivity contribution in [1.29, 1.82) is 5.26 Å². The first kappa shape index (κ1) is 18.5. The van der Waals surface area contributed by atoms with E-state index in [4.69, 9.17) is 10.00 Å². The summed E-state index contributed by atoms with van der Waals surface area (Å²) < 4.78 is 5.45. The SMILES string of the molecule is CC(C)Cc1ccc([C@@H](C)NC(=O)COc2ccc(C#N)cc2)cc1. The average Bonchev–Trinajstić information content (AvgIpc) is 2.60. The summed E-state index contributed by atoms with van der Waals surface area (Å²) in [4.78, 5) is 12.0. The monoisotopic (exact) mass is 336 g/mol. The minimum atomic E-state index is -0.178. The maximum Gasteiger partial charge on any atom is 0.258 e. The Hall–Kier alpha value is -2.80. The topological polar surface area (TPSA) is 62.1 Å². The Labute approximate surface area is 149 Å². The summed E-state index contributed by atoms with van der Waals surface area (Å²) in [6.07, 6.45) is 1.06. The van der Waals surface area contributed by atoms with Gasteiger partial charge in [-0.1, -0.05) is 38.1 Å². The number of rotatable bonds is 7. The van der Waals surface area contributed by atoms with Crippen molar-refractivity contribution in [3.05, 3.63) is 65.2 Å². The van der Waals surface area contributed by atoms with Gasteiger partial charge in [0.25, 0.3) is 5.91 Å². The molecule has 1 N–H and O–H groups in total. The summed E-state index contributed by atoms with van der Waals surface area (Å²) in [6, 6.07) is 17.0. The van der Waals surface area contributed by atoms with Crippen LogP contribution < -0.4 is 10.1 Å². The molecular formula is C21H24N2O2. The first-order valence-corrected chi connectivity index (χ1v) is 8.49. The number of nitrogens with zero attached hydrogens (tertiary/aromatic N) is 1. The highest BCUT2D eigenvalue weighted by atomic mass is 16.5. The van der Waals surface area contributed by atoms with Gasteiger partial charge in [0, 0.05) is 0 Å². The zero-order valence-corrected chi connectivity index (χ0v) is 15.0. The van der Waals surface area contributed by atoms with Crippen LogP contribution in [-0.2, 0) is 11.2 Å². The molecular weight excluding hydrogens is 312 g/mol. The smallest absolute Gasteiger partial charge is 0.258 e. The fraction of sp³-hybridized carbons (Fsp3) is 0.333. The molecule has 25 heavy (non-hydrogen) atoms. The lowest BCUT2D eigenvalue weighted by Gasteiger charge is -2.15. The van der Waals surface area contributed by atoms with Crippen LogP contribution >= 0.6 is 0 Å². The van der Waals surface area contributed by atoms with E-state index in [2.05, 4.69) is 43.4 Å². The molecule has 0 unspecified atom stereocenters. The predicted octanol–water partition coefficient (Wildman–Crippen LogP) is 4.01. The van der Waals surface area contributed by atoms with E-state index < -0.39 is 0 Å². The molecule has 0 aromatic heterocycles. The molecule has 0 bridgehead atoms. The van der Waals surface area contributed by atoms with Gasteiger partial charge in [0.2, 0.25) is 0 Å². The number of hydrogen-bond acceptors (Lipinski definition) is 3. The summed E-state index contributed by atoms with van der Waals surface area (Å²) >= 11 is 0. The maximum absolute atomic E-state index is 12.0. The van der Waals surface area contributed by atoms with Gasteiger partial charge in [0.1, 0.15) is 5.75 Å². The molecule has 0 fully saturated rings. The lowest BCUT2D eigenvalue weighted by molar-refractivity contribution is -0.123. The van der Waals surface area contributed by atoms with Gasteiger partial charge in [0.05, 0.1) is 17.7 Å². The number of carbonyl (C=O) groups is 1. The van der Waals surface area contributed by atoms with Crippen LogP contribution in [0.4, 0.5) is 0 Å². The van der Waals surface area contributed by atoms with E-state index in [-0.39, 0.29) is 18.6 Å². The van der Waals surface area contributed by atoms with Gasteiger partial charge in [-0.3, -0.25) is 4.79 Å². The highest BCUT2D eigenvalue weighted by Crippen LogP contribution is 2.16. The fourth-order valence-electron chi connectivity index (χ4n) is 2.55. The van der Waals surface area contributed by atoms with Crippen molar-refractivity contribution in [1.82, 2.24) is 5.32 Å². The Morgan fingerprint density at radius 3 is 2.28 bits per heavy atom. The predicted molar refractivity (Wildman–Crippen MR) is 98.2 cm³/mol. The molecule has 0 aliphatic rings. The van der Waals surface area contributed by atoms with Crippen LogP contribution in [0.5, 0.6) is 5.75 Å². The van der Waals surface area contributed by atoms with Crippen molar-refractivity contribution in [2.75, 3.05) is 6.61 Å². The van der Waals surface area contributed by atoms with E-state index in [0.29, 0.717) is 17.2 Å². The van der Waals surface area contributed by atoms with Gasteiger partial charge in [-0.05, 0) is 54.7 Å². The number of ether oxygens (including phenoxy) is 1. The van der Waals surface area contributed by atoms with Crippen LogP contribution in [0.3, 0.4) is 0 Å². The first-order valence-electron chi connectivity index (χ1n) is 8.49. The van der Waals surface area contributed by atoms with Crippen LogP contribution in [0.25, 0.3) is 0 Å². The summed E-state index contributed by atoms with van der Waals surface area (Å²) in [6.45, 7) is 6.30. The second-order valence-corrected chi connectivity index (χ2v) is 6.55. The van der Waals surface area contributed by atoms with Crippen LogP contribution in [-0.4, -0.2) is 12.5 Å². The second-order valence-electron chi connectivity index (χ2n) is 6.55. The largest absolute Gasteiger partial charge is 0.484 e. The Morgan fingerprint density at radius 2 is 1.72 bits per heavy atom. The minimum absolute atomic E-state index is 0.0539. The summed E-state index contributed by atoms with van der Waals surface area (Å²) in [5, 5.41) is 11.7. The first-order chi connectivity index (χ1) is 12.0. The highest BCUT2D eigenvalue weighted by molar-refractivity contribution is 5.78. The highest BCUT2D eigenvalue weighted by Gasteiger charge is 2.10. The molecule has 1 atom stereocenters. The normalized spacial score (nSPS) is 11.6. The average molecular weight is 336 g/mol. The molecule has 130 valence electrons. The molecule has 0 radical (unpaired) electrons. The van der Waals surface area contributed by atoms with Crippen molar-refractivity contribution in [3.8, 4) is 11.8 Å². The lowest BCUT2D eigenvalue weighted by atomic mass is 10.00. The maximum atomic E-state index is 12.0. The molecule has 2 aromatic rings. The van der Waals surface area contributed by atoms with E-state index in [9.17, 15) is 4.79 Å². The van der Waals surface area contributed by atoms with E-state index in [1.54, 1.807) is 24.3 Å². The van der Waals surface area contributed by atoms with Crippen molar-refractivity contribution < 1.29 is 9.53 Å². The summed E-state index contributed by atoms with van der Waals surface area (Å²) in [7, 11) is 0. The zero-order chi connectivity index (χ0) is 18.2. The molecule has 0 spiro atoms. The molecule has 0 saturated carbocycles. The number of benzene rings is 2. The zero-order valence-electron chi connectivity index (χ0n) is 15.0. The quantitative estimate of drug-likeness (QED) is 0.831. The Morgan fingerprint density at radius 1 is 1.08 bits per heavy atom. The number of carbonyl (C=O) groups excluding carboxylic acids is 1. The molecule has 2 aromatic carbocycles. The molecule has 4 heteroatoms. The molecule has 4 nitrogen and oxygen atoms in total. The summed E-state index contributed by atoms with van der Waals surface area (Å²) in [5.74, 6) is 1.02. The molecule has 0 heterocycles. The minimum Gasteiger partial charge on any atom is -0.484 e. The van der Waals surface area contributed by atoms with Crippen molar-refractivity contribution in [3.63, 3.8) is 0 Å². The molecule has 2 rings (SSSR count). The van der Waals surface area contributed by atoms with Crippen LogP contribution in [0.15, 0.2) is 48.5 Å². The van der Waals surface area contributed by atoms with Gasteiger partial charge in [-0.15, -0.1) is 0 Å². The van der Waals surface area contributed by atoms with Crippen molar-refractivity contribution in [2.45, 2.75) is 33.2 Å². The third-order valence-corrected chi connectivity index (χ3v) is 3.85. The van der Waals surface area contributed by atoms with Crippen LogP contribution in [0.1, 0.15) is 43.5 Å².